The number of carboxylic acids is 1. The molecule has 0 radical (unpaired) electrons. The molecule has 0 fully saturated rings. The Hall–Kier alpha value is -2.03. The van der Waals surface area contributed by atoms with Crippen LogP contribution in [0.1, 0.15) is 0 Å². The number of aryl methyl sites for hydroxylation is 2. The Labute approximate surface area is 111 Å². The van der Waals surface area contributed by atoms with Gasteiger partial charge < -0.3 is 9.67 Å². The zero-order chi connectivity index (χ0) is 14.3. The molecule has 0 spiro atoms. The van der Waals surface area contributed by atoms with Crippen molar-refractivity contribution in [2.75, 3.05) is 5.75 Å². The van der Waals surface area contributed by atoms with E-state index in [1.165, 1.54) is 18.7 Å². The number of aromatic nitrogens is 4. The molecule has 0 atom stereocenters. The Morgan fingerprint density at radius 2 is 1.84 bits per heavy atom. The average Bonchev–Trinajstić information content (AvgIpc) is 2.69. The minimum atomic E-state index is -0.973. The minimum absolute atomic E-state index is 0.153. The standard InChI is InChI=1S/C10H12N4O4S/c1-12-7-6(11-9(12)19-4-5(15)16)8(17)14(3)10(18)13(7)2/h4H2,1-3H3,(H,15,16). The average molecular weight is 284 g/mol. The van der Waals surface area contributed by atoms with Crippen LogP contribution in [0.4, 0.5) is 0 Å². The van der Waals surface area contributed by atoms with Crippen LogP contribution < -0.4 is 11.2 Å². The molecule has 0 aliphatic rings. The fraction of sp³-hybridized carbons (Fsp3) is 0.400. The van der Waals surface area contributed by atoms with Crippen LogP contribution in [0, 0.1) is 0 Å². The third-order valence-electron chi connectivity index (χ3n) is 2.75. The SMILES string of the molecule is Cn1c(=O)c2nc(SCC(=O)O)n(C)c2n(C)c1=O. The van der Waals surface area contributed by atoms with Crippen molar-refractivity contribution in [1.29, 1.82) is 0 Å². The van der Waals surface area contributed by atoms with Gasteiger partial charge in [0.1, 0.15) is 0 Å². The summed E-state index contributed by atoms with van der Waals surface area (Å²) in [6, 6.07) is 0. The Morgan fingerprint density at radius 1 is 1.21 bits per heavy atom. The summed E-state index contributed by atoms with van der Waals surface area (Å²) in [6.45, 7) is 0. The molecule has 0 unspecified atom stereocenters. The Bertz CT molecular complexity index is 785. The molecule has 1 N–H and O–H groups in total. The maximum atomic E-state index is 12.0. The summed E-state index contributed by atoms with van der Waals surface area (Å²) < 4.78 is 3.83. The van der Waals surface area contributed by atoms with Crippen molar-refractivity contribution < 1.29 is 9.90 Å². The van der Waals surface area contributed by atoms with E-state index in [2.05, 4.69) is 4.98 Å². The number of nitrogens with zero attached hydrogens (tertiary/aromatic N) is 4. The van der Waals surface area contributed by atoms with Gasteiger partial charge in [0.25, 0.3) is 5.56 Å². The van der Waals surface area contributed by atoms with Gasteiger partial charge in [0.15, 0.2) is 16.3 Å². The molecule has 2 heterocycles. The van der Waals surface area contributed by atoms with Gasteiger partial charge in [-0.05, 0) is 0 Å². The van der Waals surface area contributed by atoms with Crippen LogP contribution in [0.2, 0.25) is 0 Å². The number of aliphatic carboxylic acids is 1. The summed E-state index contributed by atoms with van der Waals surface area (Å²) in [7, 11) is 4.55. The zero-order valence-electron chi connectivity index (χ0n) is 10.6. The van der Waals surface area contributed by atoms with Crippen LogP contribution in [0.5, 0.6) is 0 Å². The largest absolute Gasteiger partial charge is 0.481 e. The van der Waals surface area contributed by atoms with E-state index >= 15 is 0 Å². The van der Waals surface area contributed by atoms with E-state index in [0.29, 0.717) is 10.8 Å². The fourth-order valence-corrected chi connectivity index (χ4v) is 2.50. The molecule has 8 nitrogen and oxygen atoms in total. The Morgan fingerprint density at radius 3 is 2.42 bits per heavy atom. The van der Waals surface area contributed by atoms with Crippen LogP contribution in [-0.2, 0) is 25.9 Å². The van der Waals surface area contributed by atoms with E-state index in [4.69, 9.17) is 5.11 Å². The van der Waals surface area contributed by atoms with Crippen LogP contribution in [-0.4, -0.2) is 35.5 Å². The molecule has 19 heavy (non-hydrogen) atoms. The van der Waals surface area contributed by atoms with Gasteiger partial charge in [0, 0.05) is 21.1 Å². The topological polar surface area (TPSA) is 99.1 Å². The third-order valence-corrected chi connectivity index (χ3v) is 3.76. The molecule has 9 heteroatoms. The normalized spacial score (nSPS) is 11.1. The maximum absolute atomic E-state index is 12.0. The van der Waals surface area contributed by atoms with E-state index in [-0.39, 0.29) is 11.3 Å². The second-order valence-corrected chi connectivity index (χ2v) is 4.96. The van der Waals surface area contributed by atoms with Crippen LogP contribution >= 0.6 is 11.8 Å². The number of carboxylic acid groups (broad SMARTS) is 1. The molecular weight excluding hydrogens is 272 g/mol. The van der Waals surface area contributed by atoms with Crippen LogP contribution in [0.3, 0.4) is 0 Å². The highest BCUT2D eigenvalue weighted by atomic mass is 32.2. The maximum Gasteiger partial charge on any atom is 0.332 e. The van der Waals surface area contributed by atoms with Crippen LogP contribution in [0.15, 0.2) is 14.7 Å². The fourth-order valence-electron chi connectivity index (χ4n) is 1.81. The summed E-state index contributed by atoms with van der Waals surface area (Å²) in [4.78, 5) is 38.4. The monoisotopic (exact) mass is 284 g/mol. The number of fused-ring (bicyclic) bond motifs is 1. The third kappa shape index (κ3) is 2.05. The summed E-state index contributed by atoms with van der Waals surface area (Å²) >= 11 is 0.999. The lowest BCUT2D eigenvalue weighted by atomic mass is 10.5. The molecule has 0 amide bonds. The first kappa shape index (κ1) is 13.4. The lowest BCUT2D eigenvalue weighted by molar-refractivity contribution is -0.133. The lowest BCUT2D eigenvalue weighted by Gasteiger charge is -2.05. The summed E-state index contributed by atoms with van der Waals surface area (Å²) in [5, 5.41) is 9.04. The molecule has 2 aromatic rings. The van der Waals surface area contributed by atoms with Crippen LogP contribution in [0.25, 0.3) is 11.2 Å². The van der Waals surface area contributed by atoms with E-state index in [9.17, 15) is 14.4 Å². The number of hydrogen-bond donors (Lipinski definition) is 1. The molecule has 2 aromatic heterocycles. The Kier molecular flexibility index (Phi) is 3.23. The van der Waals surface area contributed by atoms with E-state index in [0.717, 1.165) is 16.3 Å². The van der Waals surface area contributed by atoms with Crippen molar-refractivity contribution >= 4 is 28.9 Å². The first-order valence-corrected chi connectivity index (χ1v) is 6.30. The molecule has 0 aliphatic heterocycles. The first-order valence-electron chi connectivity index (χ1n) is 5.31. The molecule has 102 valence electrons. The minimum Gasteiger partial charge on any atom is -0.481 e. The molecule has 0 aromatic carbocycles. The smallest absolute Gasteiger partial charge is 0.332 e. The quantitative estimate of drug-likeness (QED) is 0.737. The van der Waals surface area contributed by atoms with Gasteiger partial charge in [0.05, 0.1) is 5.75 Å². The van der Waals surface area contributed by atoms with Crippen molar-refractivity contribution in [3.05, 3.63) is 20.8 Å². The molecular formula is C10H12N4O4S. The second-order valence-electron chi connectivity index (χ2n) is 4.01. The lowest BCUT2D eigenvalue weighted by Crippen LogP contribution is -2.37. The highest BCUT2D eigenvalue weighted by Gasteiger charge is 2.17. The van der Waals surface area contributed by atoms with Crippen molar-refractivity contribution in [2.45, 2.75) is 5.16 Å². The van der Waals surface area contributed by atoms with Crippen molar-refractivity contribution in [1.82, 2.24) is 18.7 Å². The van der Waals surface area contributed by atoms with Crippen molar-refractivity contribution in [3.63, 3.8) is 0 Å². The summed E-state index contributed by atoms with van der Waals surface area (Å²) in [5.74, 6) is -1.13. The van der Waals surface area contributed by atoms with Crippen molar-refractivity contribution in [2.24, 2.45) is 21.1 Å². The molecule has 0 bridgehead atoms. The number of carbonyl (C=O) groups is 1. The summed E-state index contributed by atoms with van der Waals surface area (Å²) in [5.41, 5.74) is -0.410. The van der Waals surface area contributed by atoms with Gasteiger partial charge in [-0.15, -0.1) is 0 Å². The van der Waals surface area contributed by atoms with Crippen molar-refractivity contribution in [3.8, 4) is 0 Å². The Balaban J connectivity index is 2.74. The number of hydrogen-bond acceptors (Lipinski definition) is 5. The molecule has 0 aliphatic carbocycles. The number of thioether (sulfide) groups is 1. The first-order chi connectivity index (χ1) is 8.84. The predicted octanol–water partition coefficient (Wildman–Crippen LogP) is -0.853. The molecule has 0 saturated heterocycles. The van der Waals surface area contributed by atoms with Gasteiger partial charge in [0.2, 0.25) is 0 Å². The zero-order valence-corrected chi connectivity index (χ0v) is 11.4. The highest BCUT2D eigenvalue weighted by Crippen LogP contribution is 2.19. The molecule has 2 rings (SSSR count). The van der Waals surface area contributed by atoms with Gasteiger partial charge in [-0.25, -0.2) is 9.78 Å². The summed E-state index contributed by atoms with van der Waals surface area (Å²) in [6.07, 6.45) is 0. The van der Waals surface area contributed by atoms with E-state index in [1.807, 2.05) is 0 Å². The van der Waals surface area contributed by atoms with E-state index < -0.39 is 17.2 Å². The van der Waals surface area contributed by atoms with Gasteiger partial charge in [-0.2, -0.15) is 0 Å². The number of imidazole rings is 1. The molecule has 0 saturated carbocycles. The van der Waals surface area contributed by atoms with Gasteiger partial charge >= 0.3 is 11.7 Å². The van der Waals surface area contributed by atoms with Gasteiger partial charge in [-0.1, -0.05) is 11.8 Å². The highest BCUT2D eigenvalue weighted by molar-refractivity contribution is 7.99. The second kappa shape index (κ2) is 4.57. The predicted molar refractivity (Wildman–Crippen MR) is 69.6 cm³/mol. The van der Waals surface area contributed by atoms with Gasteiger partial charge in [-0.3, -0.25) is 18.7 Å². The van der Waals surface area contributed by atoms with E-state index in [1.54, 1.807) is 11.6 Å². The number of rotatable bonds is 3.